The summed E-state index contributed by atoms with van der Waals surface area (Å²) in [6, 6.07) is 3.59. The van der Waals surface area contributed by atoms with Gasteiger partial charge < -0.3 is 5.73 Å². The van der Waals surface area contributed by atoms with Crippen molar-refractivity contribution in [3.8, 4) is 0 Å². The molecule has 0 bridgehead atoms. The highest BCUT2D eigenvalue weighted by Crippen LogP contribution is 2.38. The number of nitro benzene ring substituents is 1. The van der Waals surface area contributed by atoms with E-state index in [1.165, 1.54) is 0 Å². The quantitative estimate of drug-likeness (QED) is 0.545. The van der Waals surface area contributed by atoms with Gasteiger partial charge in [0, 0.05) is 17.2 Å². The van der Waals surface area contributed by atoms with Crippen LogP contribution in [0.2, 0.25) is 0 Å². The predicted molar refractivity (Wildman–Crippen MR) is 53.1 cm³/mol. The van der Waals surface area contributed by atoms with Crippen LogP contribution in [0.4, 0.5) is 5.69 Å². The van der Waals surface area contributed by atoms with Gasteiger partial charge in [-0.3, -0.25) is 10.1 Å². The molecule has 1 atom stereocenters. The minimum atomic E-state index is -0.320. The summed E-state index contributed by atoms with van der Waals surface area (Å²) < 4.78 is 0. The molecular weight excluding hydrogens is 180 g/mol. The first-order valence-corrected chi connectivity index (χ1v) is 4.63. The fraction of sp³-hybridized carbons (Fsp3) is 0.400. The fourth-order valence-corrected chi connectivity index (χ4v) is 2.09. The average Bonchev–Trinajstić information content (AvgIpc) is 2.47. The highest BCUT2D eigenvalue weighted by molar-refractivity contribution is 5.54. The normalized spacial score (nSPS) is 19.4. The molecule has 2 N–H and O–H groups in total. The van der Waals surface area contributed by atoms with Crippen LogP contribution in [-0.4, -0.2) is 4.92 Å². The van der Waals surface area contributed by atoms with Gasteiger partial charge in [-0.15, -0.1) is 0 Å². The van der Waals surface area contributed by atoms with Gasteiger partial charge in [0.15, 0.2) is 0 Å². The van der Waals surface area contributed by atoms with Crippen molar-refractivity contribution in [2.75, 3.05) is 0 Å². The van der Waals surface area contributed by atoms with Crippen molar-refractivity contribution >= 4 is 5.69 Å². The Kier molecular flexibility index (Phi) is 2.00. The summed E-state index contributed by atoms with van der Waals surface area (Å²) in [5, 5.41) is 10.9. The maximum absolute atomic E-state index is 10.9. The lowest BCUT2D eigenvalue weighted by molar-refractivity contribution is -0.386. The lowest BCUT2D eigenvalue weighted by atomic mass is 10.0. The van der Waals surface area contributed by atoms with E-state index < -0.39 is 0 Å². The molecule has 0 radical (unpaired) electrons. The van der Waals surface area contributed by atoms with Crippen LogP contribution in [0.15, 0.2) is 12.1 Å². The molecule has 0 saturated carbocycles. The van der Waals surface area contributed by atoms with Gasteiger partial charge in [0.25, 0.3) is 5.69 Å². The third kappa shape index (κ3) is 1.19. The molecule has 1 aromatic rings. The highest BCUT2D eigenvalue weighted by Gasteiger charge is 2.29. The standard InChI is InChI=1S/C10H12N2O2/c1-6-2-3-7-4-5-8(11)9(7)10(6)12(13)14/h2-3,8H,4-5,11H2,1H3/t8-/m0/s1. The molecule has 1 aromatic carbocycles. The van der Waals surface area contributed by atoms with Crippen LogP contribution >= 0.6 is 0 Å². The van der Waals surface area contributed by atoms with Gasteiger partial charge in [0.05, 0.1) is 4.92 Å². The Hall–Kier alpha value is -1.42. The van der Waals surface area contributed by atoms with Crippen molar-refractivity contribution in [3.05, 3.63) is 38.9 Å². The van der Waals surface area contributed by atoms with E-state index in [0.29, 0.717) is 5.56 Å². The highest BCUT2D eigenvalue weighted by atomic mass is 16.6. The van der Waals surface area contributed by atoms with Crippen molar-refractivity contribution < 1.29 is 4.92 Å². The van der Waals surface area contributed by atoms with E-state index in [1.807, 2.05) is 6.07 Å². The zero-order chi connectivity index (χ0) is 10.3. The van der Waals surface area contributed by atoms with Gasteiger partial charge >= 0.3 is 0 Å². The Morgan fingerprint density at radius 1 is 1.57 bits per heavy atom. The van der Waals surface area contributed by atoms with Crippen LogP contribution in [0.5, 0.6) is 0 Å². The molecule has 0 saturated heterocycles. The minimum Gasteiger partial charge on any atom is -0.324 e. The van der Waals surface area contributed by atoms with Crippen molar-refractivity contribution in [3.63, 3.8) is 0 Å². The Bertz CT molecular complexity index is 401. The monoisotopic (exact) mass is 192 g/mol. The van der Waals surface area contributed by atoms with Gasteiger partial charge in [-0.25, -0.2) is 0 Å². The largest absolute Gasteiger partial charge is 0.324 e. The molecule has 4 heteroatoms. The number of benzene rings is 1. The number of nitrogens with two attached hydrogens (primary N) is 1. The lowest BCUT2D eigenvalue weighted by Crippen LogP contribution is -2.09. The Balaban J connectivity index is 2.68. The first kappa shape index (κ1) is 9.15. The van der Waals surface area contributed by atoms with Gasteiger partial charge in [-0.05, 0) is 25.3 Å². The SMILES string of the molecule is Cc1ccc2c(c1[N+](=O)[O-])[C@@H](N)CC2. The van der Waals surface area contributed by atoms with E-state index in [4.69, 9.17) is 5.73 Å². The molecule has 1 aliphatic carbocycles. The zero-order valence-electron chi connectivity index (χ0n) is 7.99. The number of aryl methyl sites for hydroxylation is 2. The predicted octanol–water partition coefficient (Wildman–Crippen LogP) is 1.85. The average molecular weight is 192 g/mol. The molecule has 74 valence electrons. The molecule has 0 unspecified atom stereocenters. The number of hydrogen-bond donors (Lipinski definition) is 1. The van der Waals surface area contributed by atoms with E-state index in [1.54, 1.807) is 13.0 Å². The van der Waals surface area contributed by atoms with Crippen molar-refractivity contribution in [2.45, 2.75) is 25.8 Å². The van der Waals surface area contributed by atoms with Crippen molar-refractivity contribution in [1.29, 1.82) is 0 Å². The number of hydrogen-bond acceptors (Lipinski definition) is 3. The number of nitrogens with zero attached hydrogens (tertiary/aromatic N) is 1. The van der Waals surface area contributed by atoms with Crippen LogP contribution in [0, 0.1) is 17.0 Å². The van der Waals surface area contributed by atoms with Crippen LogP contribution in [0.1, 0.15) is 29.2 Å². The smallest absolute Gasteiger partial charge is 0.277 e. The van der Waals surface area contributed by atoms with E-state index in [-0.39, 0.29) is 16.7 Å². The molecule has 0 aromatic heterocycles. The third-order valence-electron chi connectivity index (χ3n) is 2.79. The van der Waals surface area contributed by atoms with Gasteiger partial charge in [0.1, 0.15) is 0 Å². The number of rotatable bonds is 1. The molecule has 1 aliphatic rings. The van der Waals surface area contributed by atoms with E-state index in [9.17, 15) is 10.1 Å². The van der Waals surface area contributed by atoms with E-state index in [2.05, 4.69) is 0 Å². The Morgan fingerprint density at radius 2 is 2.29 bits per heavy atom. The van der Waals surface area contributed by atoms with Crippen LogP contribution in [0.25, 0.3) is 0 Å². The number of fused-ring (bicyclic) bond motifs is 1. The van der Waals surface area contributed by atoms with Crippen LogP contribution in [-0.2, 0) is 6.42 Å². The third-order valence-corrected chi connectivity index (χ3v) is 2.79. The molecule has 0 fully saturated rings. The summed E-state index contributed by atoms with van der Waals surface area (Å²) >= 11 is 0. The molecule has 0 amide bonds. The Morgan fingerprint density at radius 3 is 2.93 bits per heavy atom. The maximum atomic E-state index is 10.9. The van der Waals surface area contributed by atoms with E-state index in [0.717, 1.165) is 24.0 Å². The second kappa shape index (κ2) is 3.06. The molecular formula is C10H12N2O2. The molecule has 0 heterocycles. The molecule has 14 heavy (non-hydrogen) atoms. The Labute approximate surface area is 81.9 Å². The zero-order valence-corrected chi connectivity index (χ0v) is 7.99. The van der Waals surface area contributed by atoms with Crippen LogP contribution in [0.3, 0.4) is 0 Å². The van der Waals surface area contributed by atoms with Crippen molar-refractivity contribution in [2.24, 2.45) is 5.73 Å². The summed E-state index contributed by atoms with van der Waals surface area (Å²) in [5.74, 6) is 0. The molecule has 2 rings (SSSR count). The minimum absolute atomic E-state index is 0.162. The summed E-state index contributed by atoms with van der Waals surface area (Å²) in [4.78, 5) is 10.6. The first-order valence-electron chi connectivity index (χ1n) is 4.63. The molecule has 0 spiro atoms. The summed E-state index contributed by atoms with van der Waals surface area (Å²) in [6.45, 7) is 1.75. The van der Waals surface area contributed by atoms with Crippen LogP contribution < -0.4 is 5.73 Å². The molecule has 0 aliphatic heterocycles. The van der Waals surface area contributed by atoms with E-state index >= 15 is 0 Å². The second-order valence-corrected chi connectivity index (χ2v) is 3.71. The summed E-state index contributed by atoms with van der Waals surface area (Å²) in [6.07, 6.45) is 1.68. The lowest BCUT2D eigenvalue weighted by Gasteiger charge is -2.07. The van der Waals surface area contributed by atoms with Gasteiger partial charge in [-0.1, -0.05) is 12.1 Å². The number of nitro groups is 1. The second-order valence-electron chi connectivity index (χ2n) is 3.71. The fourth-order valence-electron chi connectivity index (χ4n) is 2.09. The molecule has 4 nitrogen and oxygen atoms in total. The summed E-state index contributed by atoms with van der Waals surface area (Å²) in [7, 11) is 0. The summed E-state index contributed by atoms with van der Waals surface area (Å²) in [5.41, 5.74) is 8.55. The van der Waals surface area contributed by atoms with Gasteiger partial charge in [0.2, 0.25) is 0 Å². The first-order chi connectivity index (χ1) is 6.61. The van der Waals surface area contributed by atoms with Gasteiger partial charge in [-0.2, -0.15) is 0 Å². The van der Waals surface area contributed by atoms with Crippen molar-refractivity contribution in [1.82, 2.24) is 0 Å². The maximum Gasteiger partial charge on any atom is 0.277 e. The topological polar surface area (TPSA) is 69.2 Å².